The highest BCUT2D eigenvalue weighted by atomic mass is 16.3. The first kappa shape index (κ1) is 18.3. The highest BCUT2D eigenvalue weighted by molar-refractivity contribution is 5.79. The summed E-state index contributed by atoms with van der Waals surface area (Å²) >= 11 is 0. The largest absolute Gasteiger partial charge is 0.396 e. The molecule has 1 saturated heterocycles. The van der Waals surface area contributed by atoms with E-state index in [1.54, 1.807) is 12.4 Å². The lowest BCUT2D eigenvalue weighted by atomic mass is 9.96. The van der Waals surface area contributed by atoms with Crippen LogP contribution < -0.4 is 4.90 Å². The van der Waals surface area contributed by atoms with Crippen LogP contribution in [0.15, 0.2) is 48.8 Å². The van der Waals surface area contributed by atoms with E-state index in [0.717, 1.165) is 30.9 Å². The van der Waals surface area contributed by atoms with E-state index in [1.807, 2.05) is 41.3 Å². The Labute approximate surface area is 154 Å². The third kappa shape index (κ3) is 4.79. The van der Waals surface area contributed by atoms with Crippen LogP contribution in [0.5, 0.6) is 0 Å². The molecule has 0 radical (unpaired) electrons. The molecular formula is C20H26N4O2. The fraction of sp³-hybridized carbons (Fsp3) is 0.450. The van der Waals surface area contributed by atoms with Gasteiger partial charge in [0.25, 0.3) is 0 Å². The highest BCUT2D eigenvalue weighted by Gasteiger charge is 2.29. The molecule has 1 amide bonds. The predicted octanol–water partition coefficient (Wildman–Crippen LogP) is 2.10. The van der Waals surface area contributed by atoms with Crippen molar-refractivity contribution in [3.63, 3.8) is 0 Å². The van der Waals surface area contributed by atoms with Crippen molar-refractivity contribution in [2.75, 3.05) is 31.1 Å². The Morgan fingerprint density at radius 1 is 1.19 bits per heavy atom. The van der Waals surface area contributed by atoms with Crippen LogP contribution in [0.2, 0.25) is 0 Å². The Balaban J connectivity index is 1.68. The van der Waals surface area contributed by atoms with Gasteiger partial charge in [-0.2, -0.15) is 0 Å². The predicted molar refractivity (Wildman–Crippen MR) is 101 cm³/mol. The smallest absolute Gasteiger partial charge is 0.227 e. The lowest BCUT2D eigenvalue weighted by Crippen LogP contribution is -2.45. The van der Waals surface area contributed by atoms with Crippen LogP contribution in [0.25, 0.3) is 0 Å². The minimum atomic E-state index is -0.0480. The number of pyridine rings is 2. The minimum absolute atomic E-state index is 0.0480. The molecule has 1 N–H and O–H groups in total. The maximum absolute atomic E-state index is 13.2. The summed E-state index contributed by atoms with van der Waals surface area (Å²) in [7, 11) is 0. The van der Waals surface area contributed by atoms with Crippen molar-refractivity contribution in [3.8, 4) is 0 Å². The van der Waals surface area contributed by atoms with Gasteiger partial charge in [0.2, 0.25) is 5.91 Å². The van der Waals surface area contributed by atoms with Gasteiger partial charge < -0.3 is 14.9 Å². The SMILES string of the molecule is O=C(C1CCCN(c2ccccn2)C1)N(CCCO)Cc1ccccn1. The second kappa shape index (κ2) is 9.29. The quantitative estimate of drug-likeness (QED) is 0.825. The van der Waals surface area contributed by atoms with Gasteiger partial charge in [-0.1, -0.05) is 12.1 Å². The van der Waals surface area contributed by atoms with Gasteiger partial charge in [-0.25, -0.2) is 4.98 Å². The molecule has 2 aromatic heterocycles. The molecule has 0 aliphatic carbocycles. The molecule has 2 aromatic rings. The Bertz CT molecular complexity index is 681. The van der Waals surface area contributed by atoms with Gasteiger partial charge in [0.1, 0.15) is 5.82 Å². The summed E-state index contributed by atoms with van der Waals surface area (Å²) in [6.07, 6.45) is 5.97. The lowest BCUT2D eigenvalue weighted by Gasteiger charge is -2.35. The highest BCUT2D eigenvalue weighted by Crippen LogP contribution is 2.23. The van der Waals surface area contributed by atoms with E-state index < -0.39 is 0 Å². The van der Waals surface area contributed by atoms with Crippen LogP contribution in [0.1, 0.15) is 25.0 Å². The summed E-state index contributed by atoms with van der Waals surface area (Å²) < 4.78 is 0. The monoisotopic (exact) mass is 354 g/mol. The molecule has 0 saturated carbocycles. The van der Waals surface area contributed by atoms with E-state index in [-0.39, 0.29) is 18.4 Å². The number of aliphatic hydroxyl groups is 1. The maximum Gasteiger partial charge on any atom is 0.227 e. The van der Waals surface area contributed by atoms with E-state index in [0.29, 0.717) is 26.1 Å². The Kier molecular flexibility index (Phi) is 6.55. The summed E-state index contributed by atoms with van der Waals surface area (Å²) in [4.78, 5) is 25.9. The fourth-order valence-electron chi connectivity index (χ4n) is 3.40. The van der Waals surface area contributed by atoms with Gasteiger partial charge in [-0.05, 0) is 43.5 Å². The van der Waals surface area contributed by atoms with Crippen molar-refractivity contribution >= 4 is 11.7 Å². The zero-order valence-corrected chi connectivity index (χ0v) is 15.0. The van der Waals surface area contributed by atoms with Crippen molar-refractivity contribution in [1.82, 2.24) is 14.9 Å². The third-order valence-electron chi connectivity index (χ3n) is 4.72. The van der Waals surface area contributed by atoms with Crippen molar-refractivity contribution in [3.05, 3.63) is 54.5 Å². The summed E-state index contributed by atoms with van der Waals surface area (Å²) in [5, 5.41) is 9.19. The number of carbonyl (C=O) groups excluding carboxylic acids is 1. The molecule has 1 aliphatic heterocycles. The van der Waals surface area contributed by atoms with Crippen molar-refractivity contribution < 1.29 is 9.90 Å². The van der Waals surface area contributed by atoms with Crippen LogP contribution in [-0.2, 0) is 11.3 Å². The van der Waals surface area contributed by atoms with Gasteiger partial charge in [0.05, 0.1) is 18.2 Å². The molecule has 6 heteroatoms. The molecule has 0 spiro atoms. The Morgan fingerprint density at radius 2 is 2.00 bits per heavy atom. The van der Waals surface area contributed by atoms with E-state index >= 15 is 0 Å². The number of nitrogens with zero attached hydrogens (tertiary/aromatic N) is 4. The van der Waals surface area contributed by atoms with Gasteiger partial charge in [0.15, 0.2) is 0 Å². The molecule has 6 nitrogen and oxygen atoms in total. The number of aromatic nitrogens is 2. The number of piperidine rings is 1. The standard InChI is InChI=1S/C20H26N4O2/c25-14-6-13-24(16-18-8-1-3-10-21-18)20(26)17-7-5-12-23(15-17)19-9-2-4-11-22-19/h1-4,8-11,17,25H,5-7,12-16H2. The molecule has 138 valence electrons. The number of hydrogen-bond acceptors (Lipinski definition) is 5. The zero-order valence-electron chi connectivity index (χ0n) is 15.0. The molecule has 1 unspecified atom stereocenters. The number of carbonyl (C=O) groups is 1. The molecule has 1 fully saturated rings. The zero-order chi connectivity index (χ0) is 18.2. The van der Waals surface area contributed by atoms with Gasteiger partial charge in [0, 0.05) is 38.6 Å². The van der Waals surface area contributed by atoms with Gasteiger partial charge >= 0.3 is 0 Å². The maximum atomic E-state index is 13.2. The number of aliphatic hydroxyl groups excluding tert-OH is 1. The summed E-state index contributed by atoms with van der Waals surface area (Å²) in [6, 6.07) is 11.6. The van der Waals surface area contributed by atoms with Crippen LogP contribution in [-0.4, -0.2) is 52.1 Å². The normalized spacial score (nSPS) is 17.1. The molecule has 0 bridgehead atoms. The number of hydrogen-bond donors (Lipinski definition) is 1. The van der Waals surface area contributed by atoms with Crippen LogP contribution >= 0.6 is 0 Å². The van der Waals surface area contributed by atoms with Gasteiger partial charge in [-0.3, -0.25) is 9.78 Å². The average Bonchev–Trinajstić information content (AvgIpc) is 2.72. The second-order valence-electron chi connectivity index (χ2n) is 6.63. The van der Waals surface area contributed by atoms with Crippen molar-refractivity contribution in [2.45, 2.75) is 25.8 Å². The average molecular weight is 354 g/mol. The molecule has 1 aliphatic rings. The first-order valence-electron chi connectivity index (χ1n) is 9.23. The summed E-state index contributed by atoms with van der Waals surface area (Å²) in [5.74, 6) is 1.02. The van der Waals surface area contributed by atoms with Crippen LogP contribution in [0, 0.1) is 5.92 Å². The first-order chi connectivity index (χ1) is 12.8. The molecule has 26 heavy (non-hydrogen) atoms. The van der Waals surface area contributed by atoms with E-state index in [9.17, 15) is 9.90 Å². The second-order valence-corrected chi connectivity index (χ2v) is 6.63. The Hall–Kier alpha value is -2.47. The van der Waals surface area contributed by atoms with E-state index in [4.69, 9.17) is 0 Å². The molecule has 0 aromatic carbocycles. The lowest BCUT2D eigenvalue weighted by molar-refractivity contribution is -0.136. The van der Waals surface area contributed by atoms with Gasteiger partial charge in [-0.15, -0.1) is 0 Å². The summed E-state index contributed by atoms with van der Waals surface area (Å²) in [6.45, 7) is 2.73. The molecule has 3 heterocycles. The van der Waals surface area contributed by atoms with Crippen LogP contribution in [0.3, 0.4) is 0 Å². The minimum Gasteiger partial charge on any atom is -0.396 e. The van der Waals surface area contributed by atoms with E-state index in [2.05, 4.69) is 14.9 Å². The third-order valence-corrected chi connectivity index (χ3v) is 4.72. The number of amides is 1. The Morgan fingerprint density at radius 3 is 2.69 bits per heavy atom. The molecule has 1 atom stereocenters. The molecular weight excluding hydrogens is 328 g/mol. The van der Waals surface area contributed by atoms with Crippen LogP contribution in [0.4, 0.5) is 5.82 Å². The van der Waals surface area contributed by atoms with E-state index in [1.165, 1.54) is 0 Å². The summed E-state index contributed by atoms with van der Waals surface area (Å²) in [5.41, 5.74) is 0.871. The number of rotatable bonds is 7. The number of anilines is 1. The van der Waals surface area contributed by atoms with Crippen molar-refractivity contribution in [2.24, 2.45) is 5.92 Å². The fourth-order valence-corrected chi connectivity index (χ4v) is 3.40. The topological polar surface area (TPSA) is 69.6 Å². The van der Waals surface area contributed by atoms with Crippen molar-refractivity contribution in [1.29, 1.82) is 0 Å². The molecule has 3 rings (SSSR count). The first-order valence-corrected chi connectivity index (χ1v) is 9.23.